The molecule has 0 aliphatic carbocycles. The van der Waals surface area contributed by atoms with Gasteiger partial charge in [-0.15, -0.1) is 5.10 Å². The van der Waals surface area contributed by atoms with Gasteiger partial charge in [0.1, 0.15) is 0 Å². The molecule has 1 aromatic rings. The summed E-state index contributed by atoms with van der Waals surface area (Å²) in [6, 6.07) is 0. The first kappa shape index (κ1) is 12.8. The van der Waals surface area contributed by atoms with Gasteiger partial charge in [0.15, 0.2) is 0 Å². The fraction of sp³-hybridized carbons (Fsp3) is 0.857. The molecule has 1 heterocycles. The Balaban J connectivity index is 0.000000671. The third kappa shape index (κ3) is 4.52. The van der Waals surface area contributed by atoms with Crippen molar-refractivity contribution in [1.29, 1.82) is 0 Å². The van der Waals surface area contributed by atoms with E-state index in [1.165, 1.54) is 0 Å². The molecule has 0 N–H and O–H groups in total. The maximum absolute atomic E-state index is 3.87. The third-order valence-electron chi connectivity index (χ3n) is 1.09. The lowest BCUT2D eigenvalue weighted by Gasteiger charge is -1.97. The SMILES string of the molecule is CC.CCCn1nnnc1SSC. The smallest absolute Gasteiger partial charge is 0.219 e. The standard InChI is InChI=1S/C5H10N4S2.C2H6/c1-3-4-9-5(11-10-2)6-7-8-9;1-2/h3-4H2,1-2H3;1-2H3. The van der Waals surface area contributed by atoms with Crippen molar-refractivity contribution in [2.75, 3.05) is 6.26 Å². The van der Waals surface area contributed by atoms with Gasteiger partial charge in [0.2, 0.25) is 5.16 Å². The summed E-state index contributed by atoms with van der Waals surface area (Å²) in [6.45, 7) is 7.01. The molecule has 0 fully saturated rings. The van der Waals surface area contributed by atoms with Crippen LogP contribution in [0.1, 0.15) is 27.2 Å². The Hall–Kier alpha value is -0.230. The van der Waals surface area contributed by atoms with E-state index >= 15 is 0 Å². The first-order valence-corrected chi connectivity index (χ1v) is 6.91. The highest BCUT2D eigenvalue weighted by molar-refractivity contribution is 8.76. The van der Waals surface area contributed by atoms with E-state index in [0.717, 1.165) is 18.1 Å². The Morgan fingerprint density at radius 2 is 2.08 bits per heavy atom. The summed E-state index contributed by atoms with van der Waals surface area (Å²) >= 11 is 0. The van der Waals surface area contributed by atoms with Crippen LogP contribution in [0.2, 0.25) is 0 Å². The average molecular weight is 220 g/mol. The monoisotopic (exact) mass is 220 g/mol. The minimum Gasteiger partial charge on any atom is -0.220 e. The quantitative estimate of drug-likeness (QED) is 0.729. The molecule has 1 aromatic heterocycles. The minimum absolute atomic E-state index is 0.888. The van der Waals surface area contributed by atoms with Gasteiger partial charge in [0, 0.05) is 6.54 Å². The van der Waals surface area contributed by atoms with E-state index in [2.05, 4.69) is 22.4 Å². The second kappa shape index (κ2) is 8.37. The highest BCUT2D eigenvalue weighted by Crippen LogP contribution is 2.25. The lowest BCUT2D eigenvalue weighted by Crippen LogP contribution is -2.00. The Labute approximate surface area is 87.3 Å². The molecule has 6 heteroatoms. The molecule has 1 rings (SSSR count). The van der Waals surface area contributed by atoms with Gasteiger partial charge >= 0.3 is 0 Å². The summed E-state index contributed by atoms with van der Waals surface area (Å²) in [5.74, 6) is 0. The largest absolute Gasteiger partial charge is 0.220 e. The summed E-state index contributed by atoms with van der Waals surface area (Å²) in [6.07, 6.45) is 3.07. The highest BCUT2D eigenvalue weighted by Gasteiger charge is 2.03. The predicted molar refractivity (Wildman–Crippen MR) is 58.8 cm³/mol. The fourth-order valence-corrected chi connectivity index (χ4v) is 1.92. The lowest BCUT2D eigenvalue weighted by molar-refractivity contribution is 0.540. The number of nitrogens with zero attached hydrogens (tertiary/aromatic N) is 4. The van der Waals surface area contributed by atoms with Crippen LogP contribution in [0.15, 0.2) is 5.16 Å². The summed E-state index contributed by atoms with van der Waals surface area (Å²) in [7, 11) is 3.24. The predicted octanol–water partition coefficient (Wildman–Crippen LogP) is 2.48. The zero-order valence-corrected chi connectivity index (χ0v) is 10.2. The van der Waals surface area contributed by atoms with Gasteiger partial charge in [0.25, 0.3) is 0 Å². The van der Waals surface area contributed by atoms with Crippen LogP contribution in [0.25, 0.3) is 0 Å². The number of aryl methyl sites for hydroxylation is 1. The topological polar surface area (TPSA) is 43.6 Å². The molecule has 76 valence electrons. The number of tetrazole rings is 1. The molecule has 0 unspecified atom stereocenters. The van der Waals surface area contributed by atoms with Crippen molar-refractivity contribution in [3.8, 4) is 0 Å². The van der Waals surface area contributed by atoms with E-state index < -0.39 is 0 Å². The molecule has 0 spiro atoms. The molecule has 0 aliphatic rings. The number of rotatable bonds is 4. The van der Waals surface area contributed by atoms with Crippen LogP contribution in [0, 0.1) is 0 Å². The molecular weight excluding hydrogens is 204 g/mol. The van der Waals surface area contributed by atoms with E-state index in [-0.39, 0.29) is 0 Å². The minimum atomic E-state index is 0.888. The Morgan fingerprint density at radius 1 is 1.38 bits per heavy atom. The van der Waals surface area contributed by atoms with Crippen LogP contribution in [-0.2, 0) is 6.54 Å². The molecule has 0 saturated heterocycles. The van der Waals surface area contributed by atoms with Crippen molar-refractivity contribution in [3.63, 3.8) is 0 Å². The van der Waals surface area contributed by atoms with Crippen molar-refractivity contribution in [3.05, 3.63) is 0 Å². The molecule has 0 amide bonds. The Bertz CT molecular complexity index is 194. The fourth-order valence-electron chi connectivity index (χ4n) is 0.683. The van der Waals surface area contributed by atoms with Crippen molar-refractivity contribution < 1.29 is 0 Å². The van der Waals surface area contributed by atoms with Crippen molar-refractivity contribution in [2.45, 2.75) is 38.9 Å². The van der Waals surface area contributed by atoms with E-state index in [9.17, 15) is 0 Å². The lowest BCUT2D eigenvalue weighted by atomic mass is 10.5. The maximum Gasteiger partial charge on any atom is 0.219 e. The van der Waals surface area contributed by atoms with E-state index in [0.29, 0.717) is 0 Å². The average Bonchev–Trinajstić information content (AvgIpc) is 2.58. The van der Waals surface area contributed by atoms with Gasteiger partial charge in [0.05, 0.1) is 0 Å². The molecule has 0 aliphatic heterocycles. The first-order valence-electron chi connectivity index (χ1n) is 4.35. The zero-order chi connectivity index (χ0) is 10.1. The van der Waals surface area contributed by atoms with Crippen molar-refractivity contribution in [2.24, 2.45) is 0 Å². The first-order chi connectivity index (χ1) is 6.38. The summed E-state index contributed by atoms with van der Waals surface area (Å²) in [5, 5.41) is 12.2. The van der Waals surface area contributed by atoms with Crippen LogP contribution in [0.4, 0.5) is 0 Å². The maximum atomic E-state index is 3.87. The summed E-state index contributed by atoms with van der Waals surface area (Å²) in [5.41, 5.74) is 0. The van der Waals surface area contributed by atoms with Crippen molar-refractivity contribution >= 4 is 21.6 Å². The highest BCUT2D eigenvalue weighted by atomic mass is 33.1. The van der Waals surface area contributed by atoms with Crippen LogP contribution in [0.5, 0.6) is 0 Å². The van der Waals surface area contributed by atoms with Crippen LogP contribution in [-0.4, -0.2) is 26.5 Å². The summed E-state index contributed by atoms with van der Waals surface area (Å²) < 4.78 is 1.82. The van der Waals surface area contributed by atoms with Gasteiger partial charge in [-0.25, -0.2) is 4.68 Å². The second-order valence-electron chi connectivity index (χ2n) is 1.93. The van der Waals surface area contributed by atoms with Gasteiger partial charge in [-0.2, -0.15) is 0 Å². The van der Waals surface area contributed by atoms with Gasteiger partial charge in [-0.3, -0.25) is 0 Å². The number of hydrogen-bond acceptors (Lipinski definition) is 5. The van der Waals surface area contributed by atoms with Gasteiger partial charge in [-0.05, 0) is 33.9 Å². The van der Waals surface area contributed by atoms with Gasteiger partial charge in [-0.1, -0.05) is 31.6 Å². The van der Waals surface area contributed by atoms with Gasteiger partial charge < -0.3 is 0 Å². The zero-order valence-electron chi connectivity index (χ0n) is 8.52. The molecular formula is C7H16N4S2. The van der Waals surface area contributed by atoms with Crippen LogP contribution in [0.3, 0.4) is 0 Å². The third-order valence-corrected chi connectivity index (χ3v) is 2.65. The molecule has 0 saturated carbocycles. The van der Waals surface area contributed by atoms with E-state index in [4.69, 9.17) is 0 Å². The Morgan fingerprint density at radius 3 is 2.62 bits per heavy atom. The molecule has 0 bridgehead atoms. The molecule has 13 heavy (non-hydrogen) atoms. The van der Waals surface area contributed by atoms with Crippen LogP contribution < -0.4 is 0 Å². The van der Waals surface area contributed by atoms with E-state index in [1.54, 1.807) is 21.6 Å². The molecule has 0 radical (unpaired) electrons. The number of aromatic nitrogens is 4. The molecule has 0 atom stereocenters. The van der Waals surface area contributed by atoms with E-state index in [1.807, 2.05) is 24.8 Å². The molecule has 4 nitrogen and oxygen atoms in total. The second-order valence-corrected chi connectivity index (χ2v) is 4.30. The Kier molecular flexibility index (Phi) is 8.22. The molecule has 0 aromatic carbocycles. The normalized spacial score (nSPS) is 9.23. The van der Waals surface area contributed by atoms with Crippen LogP contribution >= 0.6 is 21.6 Å². The van der Waals surface area contributed by atoms with Crippen molar-refractivity contribution in [1.82, 2.24) is 20.2 Å². The number of hydrogen-bond donors (Lipinski definition) is 0. The summed E-state index contributed by atoms with van der Waals surface area (Å²) in [4.78, 5) is 0.